The van der Waals surface area contributed by atoms with Gasteiger partial charge in [0.2, 0.25) is 5.91 Å². The Morgan fingerprint density at radius 2 is 1.87 bits per heavy atom. The van der Waals surface area contributed by atoms with Gasteiger partial charge in [-0.15, -0.1) is 0 Å². The van der Waals surface area contributed by atoms with Gasteiger partial charge in [-0.05, 0) is 19.5 Å². The van der Waals surface area contributed by atoms with E-state index in [9.17, 15) is 9.59 Å². The SMILES string of the molecule is CCCn1c2ccccc2c2cnn(CC(=O)NCCN3CCN(C)CC3)c(=O)c21. The minimum atomic E-state index is -0.216. The molecule has 0 unspecified atom stereocenters. The molecule has 1 fully saturated rings. The Morgan fingerprint density at radius 1 is 1.10 bits per heavy atom. The molecule has 4 rings (SSSR count). The Hall–Kier alpha value is -2.71. The van der Waals surface area contributed by atoms with Gasteiger partial charge in [-0.2, -0.15) is 5.10 Å². The van der Waals surface area contributed by atoms with Crippen molar-refractivity contribution in [2.75, 3.05) is 46.3 Å². The maximum Gasteiger partial charge on any atom is 0.291 e. The second-order valence-corrected chi connectivity index (χ2v) is 8.03. The second-order valence-electron chi connectivity index (χ2n) is 8.03. The van der Waals surface area contributed by atoms with Crippen LogP contribution in [0.25, 0.3) is 21.8 Å². The van der Waals surface area contributed by atoms with Gasteiger partial charge >= 0.3 is 0 Å². The summed E-state index contributed by atoms with van der Waals surface area (Å²) in [7, 11) is 2.13. The molecule has 1 N–H and O–H groups in total. The summed E-state index contributed by atoms with van der Waals surface area (Å²) in [5.41, 5.74) is 1.44. The zero-order valence-corrected chi connectivity index (χ0v) is 17.8. The van der Waals surface area contributed by atoms with Crippen LogP contribution in [-0.2, 0) is 17.9 Å². The summed E-state index contributed by atoms with van der Waals surface area (Å²) >= 11 is 0. The van der Waals surface area contributed by atoms with Crippen molar-refractivity contribution in [2.24, 2.45) is 0 Å². The van der Waals surface area contributed by atoms with Crippen molar-refractivity contribution in [2.45, 2.75) is 26.4 Å². The van der Waals surface area contributed by atoms with E-state index in [1.54, 1.807) is 6.20 Å². The average molecular weight is 411 g/mol. The number of hydrogen-bond donors (Lipinski definition) is 1. The van der Waals surface area contributed by atoms with Crippen LogP contribution >= 0.6 is 0 Å². The topological polar surface area (TPSA) is 75.4 Å². The predicted molar refractivity (Wildman–Crippen MR) is 119 cm³/mol. The van der Waals surface area contributed by atoms with Crippen molar-refractivity contribution in [1.82, 2.24) is 29.5 Å². The summed E-state index contributed by atoms with van der Waals surface area (Å²) in [5.74, 6) is -0.184. The lowest BCUT2D eigenvalue weighted by Crippen LogP contribution is -2.47. The number of rotatable bonds is 7. The predicted octanol–water partition coefficient (Wildman–Crippen LogP) is 1.12. The Bertz CT molecular complexity index is 1090. The number of carbonyl (C=O) groups excluding carboxylic acids is 1. The fourth-order valence-corrected chi connectivity index (χ4v) is 4.18. The molecule has 8 heteroatoms. The highest BCUT2D eigenvalue weighted by Crippen LogP contribution is 2.26. The number of aromatic nitrogens is 3. The summed E-state index contributed by atoms with van der Waals surface area (Å²) in [4.78, 5) is 30.3. The molecule has 0 spiro atoms. The fraction of sp³-hybridized carbons (Fsp3) is 0.500. The molecule has 3 aromatic rings. The summed E-state index contributed by atoms with van der Waals surface area (Å²) < 4.78 is 3.33. The lowest BCUT2D eigenvalue weighted by atomic mass is 10.2. The van der Waals surface area contributed by atoms with Crippen LogP contribution in [0.1, 0.15) is 13.3 Å². The molecule has 0 saturated carbocycles. The molecule has 2 aromatic heterocycles. The van der Waals surface area contributed by atoms with E-state index in [0.717, 1.165) is 62.0 Å². The van der Waals surface area contributed by atoms with Gasteiger partial charge in [-0.1, -0.05) is 25.1 Å². The number of fused-ring (bicyclic) bond motifs is 3. The summed E-state index contributed by atoms with van der Waals surface area (Å²) in [5, 5.41) is 9.09. The van der Waals surface area contributed by atoms with E-state index in [4.69, 9.17) is 0 Å². The number of nitrogens with zero attached hydrogens (tertiary/aromatic N) is 5. The molecule has 0 aliphatic carbocycles. The zero-order valence-electron chi connectivity index (χ0n) is 17.8. The van der Waals surface area contributed by atoms with Gasteiger partial charge in [-0.3, -0.25) is 14.5 Å². The summed E-state index contributed by atoms with van der Waals surface area (Å²) in [6, 6.07) is 7.99. The fourth-order valence-electron chi connectivity index (χ4n) is 4.18. The first-order valence-corrected chi connectivity index (χ1v) is 10.7. The first-order chi connectivity index (χ1) is 14.6. The average Bonchev–Trinajstić information content (AvgIpc) is 3.06. The molecule has 0 bridgehead atoms. The standard InChI is InChI=1S/C22H30N6O2/c1-3-9-27-19-7-5-4-6-17(19)18-15-24-28(22(30)21(18)27)16-20(29)23-8-10-26-13-11-25(2)12-14-26/h4-7,15H,3,8-14,16H2,1-2H3,(H,23,29). The molecule has 8 nitrogen and oxygen atoms in total. The third-order valence-corrected chi connectivity index (χ3v) is 5.86. The minimum Gasteiger partial charge on any atom is -0.353 e. The first-order valence-electron chi connectivity index (χ1n) is 10.7. The number of amides is 1. The van der Waals surface area contributed by atoms with Gasteiger partial charge < -0.3 is 14.8 Å². The number of benzene rings is 1. The highest BCUT2D eigenvalue weighted by Gasteiger charge is 2.17. The van der Waals surface area contributed by atoms with Crippen LogP contribution in [0.3, 0.4) is 0 Å². The number of para-hydroxylation sites is 1. The maximum atomic E-state index is 13.2. The normalized spacial score (nSPS) is 15.8. The Kier molecular flexibility index (Phi) is 6.15. The van der Waals surface area contributed by atoms with E-state index >= 15 is 0 Å². The number of likely N-dealkylation sites (N-methyl/N-ethyl adjacent to an activating group) is 1. The van der Waals surface area contributed by atoms with E-state index in [1.807, 2.05) is 24.3 Å². The first kappa shape index (κ1) is 20.6. The van der Waals surface area contributed by atoms with Gasteiger partial charge in [0, 0.05) is 62.1 Å². The number of aryl methyl sites for hydroxylation is 1. The molecule has 0 radical (unpaired) electrons. The lowest BCUT2D eigenvalue weighted by molar-refractivity contribution is -0.122. The van der Waals surface area contributed by atoms with Crippen LogP contribution in [0.15, 0.2) is 35.3 Å². The summed E-state index contributed by atoms with van der Waals surface area (Å²) in [6.07, 6.45) is 2.63. The third-order valence-electron chi connectivity index (χ3n) is 5.86. The van der Waals surface area contributed by atoms with E-state index in [1.165, 1.54) is 4.68 Å². The van der Waals surface area contributed by atoms with E-state index < -0.39 is 0 Å². The van der Waals surface area contributed by atoms with Crippen LogP contribution in [0.2, 0.25) is 0 Å². The largest absolute Gasteiger partial charge is 0.353 e. The molecule has 160 valence electrons. The van der Waals surface area contributed by atoms with Crippen molar-refractivity contribution < 1.29 is 4.79 Å². The Labute approximate surface area is 176 Å². The monoisotopic (exact) mass is 410 g/mol. The number of carbonyl (C=O) groups is 1. The highest BCUT2D eigenvalue weighted by molar-refractivity contribution is 6.07. The smallest absolute Gasteiger partial charge is 0.291 e. The van der Waals surface area contributed by atoms with Gasteiger partial charge in [0.25, 0.3) is 5.56 Å². The van der Waals surface area contributed by atoms with Crippen LogP contribution in [0.5, 0.6) is 0 Å². The second kappa shape index (κ2) is 8.97. The highest BCUT2D eigenvalue weighted by atomic mass is 16.2. The van der Waals surface area contributed by atoms with Crippen molar-refractivity contribution in [1.29, 1.82) is 0 Å². The third kappa shape index (κ3) is 4.11. The van der Waals surface area contributed by atoms with Gasteiger partial charge in [0.15, 0.2) is 0 Å². The molecule has 3 heterocycles. The van der Waals surface area contributed by atoms with Crippen molar-refractivity contribution in [3.8, 4) is 0 Å². The maximum absolute atomic E-state index is 13.2. The van der Waals surface area contributed by atoms with E-state index in [0.29, 0.717) is 12.1 Å². The molecular weight excluding hydrogens is 380 g/mol. The molecule has 0 atom stereocenters. The molecule has 1 amide bonds. The molecule has 1 aliphatic rings. The van der Waals surface area contributed by atoms with Crippen molar-refractivity contribution in [3.63, 3.8) is 0 Å². The van der Waals surface area contributed by atoms with Crippen LogP contribution < -0.4 is 10.9 Å². The molecular formula is C22H30N6O2. The molecule has 1 saturated heterocycles. The summed E-state index contributed by atoms with van der Waals surface area (Å²) in [6.45, 7) is 8.33. The van der Waals surface area contributed by atoms with Crippen molar-refractivity contribution >= 4 is 27.7 Å². The Morgan fingerprint density at radius 3 is 2.63 bits per heavy atom. The van der Waals surface area contributed by atoms with Crippen molar-refractivity contribution in [3.05, 3.63) is 40.8 Å². The van der Waals surface area contributed by atoms with E-state index in [-0.39, 0.29) is 18.0 Å². The number of piperazine rings is 1. The van der Waals surface area contributed by atoms with Crippen LogP contribution in [-0.4, -0.2) is 76.4 Å². The zero-order chi connectivity index (χ0) is 21.1. The molecule has 1 aliphatic heterocycles. The van der Waals surface area contributed by atoms with Crippen LogP contribution in [0, 0.1) is 0 Å². The Balaban J connectivity index is 1.48. The molecule has 30 heavy (non-hydrogen) atoms. The van der Waals surface area contributed by atoms with Gasteiger partial charge in [0.1, 0.15) is 12.1 Å². The van der Waals surface area contributed by atoms with E-state index in [2.05, 4.69) is 38.8 Å². The lowest BCUT2D eigenvalue weighted by Gasteiger charge is -2.32. The quantitative estimate of drug-likeness (QED) is 0.632. The number of nitrogens with one attached hydrogen (secondary N) is 1. The molecule has 1 aromatic carbocycles. The van der Waals surface area contributed by atoms with Crippen LogP contribution in [0.4, 0.5) is 0 Å². The minimum absolute atomic E-state index is 0.0643. The van der Waals surface area contributed by atoms with Gasteiger partial charge in [0.05, 0.1) is 6.20 Å². The number of hydrogen-bond acceptors (Lipinski definition) is 5. The van der Waals surface area contributed by atoms with Gasteiger partial charge in [-0.25, -0.2) is 4.68 Å².